The molecule has 0 bridgehead atoms. The average molecular weight is 1270 g/mol. The van der Waals surface area contributed by atoms with Gasteiger partial charge in [-0.25, -0.2) is 36.0 Å². The molecule has 5 rings (SSSR count). The van der Waals surface area contributed by atoms with Crippen LogP contribution in [0, 0.1) is 23.7 Å². The molecule has 484 valence electrons. The van der Waals surface area contributed by atoms with Crippen LogP contribution >= 0.6 is 0 Å². The highest BCUT2D eigenvalue weighted by atomic mass is 32.2. The van der Waals surface area contributed by atoms with Crippen molar-refractivity contribution in [2.45, 2.75) is 179 Å². The maximum atomic E-state index is 15.0. The molecule has 2 N–H and O–H groups in total. The number of cyclic esters (lactones) is 4. The van der Waals surface area contributed by atoms with Gasteiger partial charge >= 0.3 is 23.9 Å². The molecule has 0 spiro atoms. The fourth-order valence-electron chi connectivity index (χ4n) is 9.78. The smallest absolute Gasteiger partial charge is 0.329 e. The third-order valence-corrected chi connectivity index (χ3v) is 17.5. The summed E-state index contributed by atoms with van der Waals surface area (Å²) >= 11 is 0. The Kier molecular flexibility index (Phi) is 25.5. The Hall–Kier alpha value is -7.56. The van der Waals surface area contributed by atoms with Gasteiger partial charge in [0.05, 0.1) is 9.79 Å². The zero-order chi connectivity index (χ0) is 65.5. The number of amides is 4. The molecule has 4 aromatic rings. The van der Waals surface area contributed by atoms with E-state index in [2.05, 4.69) is 19.6 Å². The van der Waals surface area contributed by atoms with Crippen LogP contribution in [0.2, 0.25) is 0 Å². The van der Waals surface area contributed by atoms with E-state index in [1.165, 1.54) is 112 Å². The summed E-state index contributed by atoms with van der Waals surface area (Å²) in [6.07, 6.45) is -1.32. The van der Waals surface area contributed by atoms with E-state index in [9.17, 15) is 45.6 Å². The Bertz CT molecular complexity index is 3020. The van der Waals surface area contributed by atoms with E-state index in [4.69, 9.17) is 18.9 Å². The Morgan fingerprint density at radius 3 is 0.966 bits per heavy atom. The maximum absolute atomic E-state index is 15.0. The van der Waals surface area contributed by atoms with Crippen molar-refractivity contribution < 1.29 is 74.1 Å². The minimum atomic E-state index is -4.07. The summed E-state index contributed by atoms with van der Waals surface area (Å²) in [5.41, 5.74) is 0.653. The predicted octanol–water partition coefficient (Wildman–Crippen LogP) is 3.93. The number of aromatic nitrogens is 4. The van der Waals surface area contributed by atoms with E-state index in [0.29, 0.717) is 11.1 Å². The number of hydrogen-bond donors (Lipinski definition) is 2. The number of nitrogens with one attached hydrogen (secondary N) is 2. The van der Waals surface area contributed by atoms with Gasteiger partial charge in [-0.2, -0.15) is 19.6 Å². The molecule has 1 aliphatic rings. The van der Waals surface area contributed by atoms with Gasteiger partial charge in [-0.3, -0.25) is 28.5 Å². The number of carbonyl (C=O) groups excluding carboxylic acids is 8. The minimum Gasteiger partial charge on any atom is -0.451 e. The molecular formula is C60H86N10O16S2. The number of hydrogen-bond acceptors (Lipinski definition) is 18. The van der Waals surface area contributed by atoms with Crippen molar-refractivity contribution in [3.05, 3.63) is 96.6 Å². The summed E-state index contributed by atoms with van der Waals surface area (Å²) in [5, 5.41) is 8.01. The third-order valence-electron chi connectivity index (χ3n) is 14.7. The van der Waals surface area contributed by atoms with Gasteiger partial charge < -0.3 is 38.5 Å². The van der Waals surface area contributed by atoms with Gasteiger partial charge in [0, 0.05) is 65.8 Å². The molecule has 8 atom stereocenters. The summed E-state index contributed by atoms with van der Waals surface area (Å²) in [5.74, 6) is -8.79. The topological polar surface area (TPSA) is 314 Å². The molecule has 26 nitrogen and oxygen atoms in total. The van der Waals surface area contributed by atoms with E-state index in [-0.39, 0.29) is 85.3 Å². The molecule has 0 saturated carbocycles. The van der Waals surface area contributed by atoms with Gasteiger partial charge in [0.25, 0.3) is 23.6 Å². The van der Waals surface area contributed by atoms with Crippen molar-refractivity contribution in [2.24, 2.45) is 23.7 Å². The third kappa shape index (κ3) is 19.7. The highest BCUT2D eigenvalue weighted by molar-refractivity contribution is 7.89. The molecule has 1 aliphatic heterocycles. The number of nitrogens with zero attached hydrogens (tertiary/aromatic N) is 8. The fraction of sp³-hybridized carbons (Fsp3) is 0.567. The molecule has 1 fully saturated rings. The molecule has 88 heavy (non-hydrogen) atoms. The Balaban J connectivity index is 1.58. The predicted molar refractivity (Wildman–Crippen MR) is 320 cm³/mol. The first-order valence-corrected chi connectivity index (χ1v) is 32.2. The number of rotatable bonds is 20. The number of ether oxygens (including phenoxy) is 4. The molecule has 0 radical (unpaired) electrons. The molecule has 28 heteroatoms. The lowest BCUT2D eigenvalue weighted by Gasteiger charge is -2.35. The van der Waals surface area contributed by atoms with Crippen molar-refractivity contribution in [2.75, 3.05) is 28.2 Å². The molecule has 3 heterocycles. The van der Waals surface area contributed by atoms with Crippen LogP contribution in [0.4, 0.5) is 0 Å². The molecule has 2 aromatic heterocycles. The van der Waals surface area contributed by atoms with Gasteiger partial charge in [0.15, 0.2) is 24.4 Å². The van der Waals surface area contributed by atoms with Crippen LogP contribution in [0.25, 0.3) is 0 Å². The first kappa shape index (κ1) is 71.2. The lowest BCUT2D eigenvalue weighted by Crippen LogP contribution is -2.55. The SMILES string of the molecule is CC(C)C[C@H]1C(=O)O[C@H](Cc2ccc(S(=O)(=O)NCn3cccn3)cc2)C(=O)N(C)[C@@H](CC(C)C)C(=O)O[C@H](C)C(=O)N(C)[C@@H](CC(C)C)C(=O)O[C@H](Cc2ccc(S(=O)(=O)NCn3cccn3)cc2)C(=O)N(C)[C@@H](CC(C)C)C(=O)O[C@H](C)C(=O)N1C. The van der Waals surface area contributed by atoms with Crippen molar-refractivity contribution in [3.63, 3.8) is 0 Å². The maximum Gasteiger partial charge on any atom is 0.329 e. The summed E-state index contributed by atoms with van der Waals surface area (Å²) in [6.45, 7) is 16.5. The summed E-state index contributed by atoms with van der Waals surface area (Å²) in [6, 6.07) is 8.52. The van der Waals surface area contributed by atoms with Gasteiger partial charge in [-0.1, -0.05) is 79.7 Å². The second kappa shape index (κ2) is 31.6. The Morgan fingerprint density at radius 2 is 0.705 bits per heavy atom. The summed E-state index contributed by atoms with van der Waals surface area (Å²) in [4.78, 5) is 121. The fourth-order valence-corrected chi connectivity index (χ4v) is 11.7. The molecule has 2 aromatic carbocycles. The summed E-state index contributed by atoms with van der Waals surface area (Å²) in [7, 11) is -2.94. The largest absolute Gasteiger partial charge is 0.451 e. The zero-order valence-electron chi connectivity index (χ0n) is 52.6. The van der Waals surface area contributed by atoms with E-state index >= 15 is 9.59 Å². The van der Waals surface area contributed by atoms with Crippen LogP contribution in [0.15, 0.2) is 95.2 Å². The normalized spacial score (nSPS) is 22.6. The second-order valence-electron chi connectivity index (χ2n) is 23.8. The van der Waals surface area contributed by atoms with Crippen molar-refractivity contribution in [1.82, 2.24) is 48.6 Å². The highest BCUT2D eigenvalue weighted by Crippen LogP contribution is 2.25. The average Bonchev–Trinajstić information content (AvgIpc) is 4.27. The molecule has 0 unspecified atom stereocenters. The first-order valence-electron chi connectivity index (χ1n) is 29.2. The minimum absolute atomic E-state index is 0.0217. The number of carbonyl (C=O) groups is 8. The molecule has 1 saturated heterocycles. The van der Waals surface area contributed by atoms with E-state index in [1.807, 2.05) is 0 Å². The number of esters is 4. The highest BCUT2D eigenvalue weighted by Gasteiger charge is 2.43. The van der Waals surface area contributed by atoms with E-state index < -0.39 is 116 Å². The first-order chi connectivity index (χ1) is 41.2. The lowest BCUT2D eigenvalue weighted by molar-refractivity contribution is -0.176. The molecule has 0 aliphatic carbocycles. The van der Waals surface area contributed by atoms with Crippen LogP contribution in [0.1, 0.15) is 106 Å². The van der Waals surface area contributed by atoms with Crippen molar-refractivity contribution in [3.8, 4) is 0 Å². The van der Waals surface area contributed by atoms with Crippen LogP contribution in [-0.4, -0.2) is 180 Å². The van der Waals surface area contributed by atoms with Crippen molar-refractivity contribution >= 4 is 67.6 Å². The molecule has 4 amide bonds. The Labute approximate surface area is 516 Å². The van der Waals surface area contributed by atoms with Crippen LogP contribution in [-0.2, 0) is 104 Å². The number of sulfonamides is 2. The van der Waals surface area contributed by atoms with Gasteiger partial charge in [-0.15, -0.1) is 0 Å². The van der Waals surface area contributed by atoms with Crippen LogP contribution in [0.3, 0.4) is 0 Å². The zero-order valence-corrected chi connectivity index (χ0v) is 54.2. The quantitative estimate of drug-likeness (QED) is 0.0935. The van der Waals surface area contributed by atoms with Crippen LogP contribution < -0.4 is 9.44 Å². The van der Waals surface area contributed by atoms with Gasteiger partial charge in [-0.05, 0) is 111 Å². The lowest BCUT2D eigenvalue weighted by atomic mass is 10.00. The number of benzene rings is 2. The van der Waals surface area contributed by atoms with E-state index in [1.54, 1.807) is 79.9 Å². The second-order valence-corrected chi connectivity index (χ2v) is 27.3. The van der Waals surface area contributed by atoms with Gasteiger partial charge in [0.2, 0.25) is 20.0 Å². The van der Waals surface area contributed by atoms with Crippen LogP contribution in [0.5, 0.6) is 0 Å². The monoisotopic (exact) mass is 1270 g/mol. The van der Waals surface area contributed by atoms with Gasteiger partial charge in [0.1, 0.15) is 37.5 Å². The number of likely N-dealkylation sites (N-methyl/N-ethyl adjacent to an activating group) is 4. The summed E-state index contributed by atoms with van der Waals surface area (Å²) < 4.78 is 84.7. The Morgan fingerprint density at radius 1 is 0.432 bits per heavy atom. The van der Waals surface area contributed by atoms with Crippen molar-refractivity contribution in [1.29, 1.82) is 0 Å². The standard InChI is InChI=1S/C60H86N10O16S2/c1-37(2)29-47-57(75)83-41(9)53(71)65(11)50(32-40(7)8)60(78)86-52(34-44-19-23-46(24-20-44)88(81,82)64-36-70-28-16-26-62-70)56(74)68(14)48(30-38(3)4)58(76)84-42(10)54(72)66(12)49(31-39(5)6)59(77)85-51(55(73)67(47)13)33-43-17-21-45(22-18-43)87(79,80)63-35-69-27-15-25-61-69/h15-28,37-42,47-52,63-64H,29-36H2,1-14H3/t41-,42-,47+,48+,49+,50+,51-,52-/m1/s1. The van der Waals surface area contributed by atoms with E-state index in [0.717, 1.165) is 19.6 Å². The molecular weight excluding hydrogens is 1180 g/mol.